The quantitative estimate of drug-likeness (QED) is 0.776. The van der Waals surface area contributed by atoms with E-state index in [4.69, 9.17) is 4.74 Å². The highest BCUT2D eigenvalue weighted by atomic mass is 16.5. The summed E-state index contributed by atoms with van der Waals surface area (Å²) in [6, 6.07) is 10.3. The van der Waals surface area contributed by atoms with Gasteiger partial charge in [-0.05, 0) is 37.3 Å². The average molecular weight is 232 g/mol. The predicted octanol–water partition coefficient (Wildman–Crippen LogP) is 4.15. The van der Waals surface area contributed by atoms with Crippen molar-refractivity contribution in [1.82, 2.24) is 0 Å². The minimum absolute atomic E-state index is 0.0685. The first kappa shape index (κ1) is 12.2. The van der Waals surface area contributed by atoms with E-state index in [0.717, 1.165) is 24.8 Å². The fraction of sp³-hybridized carbons (Fsp3) is 0.467. The molecule has 2 nitrogen and oxygen atoms in total. The summed E-state index contributed by atoms with van der Waals surface area (Å²) in [5.41, 5.74) is 2.31. The van der Waals surface area contributed by atoms with E-state index in [-0.39, 0.29) is 12.2 Å². The normalized spacial score (nSPS) is 27.9. The van der Waals surface area contributed by atoms with Crippen LogP contribution in [0.25, 0.3) is 0 Å². The summed E-state index contributed by atoms with van der Waals surface area (Å²) >= 11 is 0. The van der Waals surface area contributed by atoms with E-state index in [9.17, 15) is 5.11 Å². The van der Waals surface area contributed by atoms with Gasteiger partial charge in [-0.15, -0.1) is 0 Å². The Morgan fingerprint density at radius 1 is 1.35 bits per heavy atom. The predicted molar refractivity (Wildman–Crippen MR) is 68.9 cm³/mol. The molecular weight excluding hydrogens is 212 g/mol. The summed E-state index contributed by atoms with van der Waals surface area (Å²) in [5, 5.41) is 9.64. The van der Waals surface area contributed by atoms with Crippen molar-refractivity contribution < 1.29 is 9.84 Å². The molecule has 92 valence electrons. The molecule has 1 aromatic carbocycles. The Labute approximate surface area is 103 Å². The summed E-state index contributed by atoms with van der Waals surface area (Å²) in [7, 11) is 0. The van der Waals surface area contributed by atoms with Crippen LogP contribution in [0.5, 0.6) is 0 Å². The van der Waals surface area contributed by atoms with E-state index >= 15 is 0 Å². The summed E-state index contributed by atoms with van der Waals surface area (Å²) in [5.74, 6) is 0.434. The molecule has 0 unspecified atom stereocenters. The first-order chi connectivity index (χ1) is 8.22. The van der Waals surface area contributed by atoms with Gasteiger partial charge in [-0.3, -0.25) is 0 Å². The van der Waals surface area contributed by atoms with Crippen LogP contribution >= 0.6 is 0 Å². The molecular formula is C15H20O2. The lowest BCUT2D eigenvalue weighted by molar-refractivity contribution is -0.0245. The van der Waals surface area contributed by atoms with Crippen LogP contribution in [-0.2, 0) is 4.74 Å². The molecule has 2 rings (SSSR count). The van der Waals surface area contributed by atoms with E-state index in [2.05, 4.69) is 19.1 Å². The number of aliphatic hydroxyl groups excluding tert-OH is 1. The van der Waals surface area contributed by atoms with Gasteiger partial charge in [-0.25, -0.2) is 0 Å². The summed E-state index contributed by atoms with van der Waals surface area (Å²) in [6.45, 7) is 3.85. The zero-order valence-corrected chi connectivity index (χ0v) is 10.5. The van der Waals surface area contributed by atoms with Crippen molar-refractivity contribution in [2.45, 2.75) is 45.3 Å². The maximum Gasteiger partial charge on any atom is 0.0909 e. The van der Waals surface area contributed by atoms with Crippen LogP contribution in [0.4, 0.5) is 0 Å². The Bertz CT molecular complexity index is 391. The Kier molecular flexibility index (Phi) is 3.85. The maximum absolute atomic E-state index is 9.64. The van der Waals surface area contributed by atoms with E-state index in [1.807, 2.05) is 18.2 Å². The van der Waals surface area contributed by atoms with Crippen molar-refractivity contribution in [3.05, 3.63) is 47.2 Å². The number of allylic oxidation sites excluding steroid dienone is 1. The third-order valence-electron chi connectivity index (χ3n) is 3.40. The summed E-state index contributed by atoms with van der Waals surface area (Å²) < 4.78 is 6.08. The number of aliphatic hydroxyl groups is 1. The lowest BCUT2D eigenvalue weighted by Crippen LogP contribution is -2.25. The molecule has 1 aliphatic heterocycles. The van der Waals surface area contributed by atoms with Gasteiger partial charge >= 0.3 is 0 Å². The highest BCUT2D eigenvalue weighted by Gasteiger charge is 2.27. The molecule has 0 amide bonds. The van der Waals surface area contributed by atoms with Gasteiger partial charge < -0.3 is 9.84 Å². The molecule has 2 heteroatoms. The first-order valence-corrected chi connectivity index (χ1v) is 6.31. The second-order valence-electron chi connectivity index (χ2n) is 4.58. The lowest BCUT2D eigenvalue weighted by atomic mass is 9.92. The zero-order chi connectivity index (χ0) is 12.3. The molecule has 1 N–H and O–H groups in total. The number of ether oxygens (including phenoxy) is 1. The number of benzene rings is 1. The molecule has 1 aliphatic rings. The highest BCUT2D eigenvalue weighted by Crippen LogP contribution is 2.36. The van der Waals surface area contributed by atoms with Crippen LogP contribution in [0.15, 0.2) is 41.7 Å². The van der Waals surface area contributed by atoms with Crippen molar-refractivity contribution in [3.8, 4) is 0 Å². The average Bonchev–Trinajstić information content (AvgIpc) is 2.39. The van der Waals surface area contributed by atoms with Gasteiger partial charge in [0.05, 0.1) is 18.0 Å². The van der Waals surface area contributed by atoms with E-state index in [1.54, 1.807) is 6.92 Å². The van der Waals surface area contributed by atoms with Crippen LogP contribution in [0.2, 0.25) is 0 Å². The summed E-state index contributed by atoms with van der Waals surface area (Å²) in [6.07, 6.45) is 3.04. The molecule has 1 heterocycles. The molecule has 0 bridgehead atoms. The number of hydrogen-bond donors (Lipinski definition) is 1. The van der Waals surface area contributed by atoms with Crippen LogP contribution in [-0.4, -0.2) is 11.2 Å². The second-order valence-corrected chi connectivity index (χ2v) is 4.58. The Morgan fingerprint density at radius 2 is 2.06 bits per heavy atom. The third kappa shape index (κ3) is 2.70. The monoisotopic (exact) mass is 232 g/mol. The van der Waals surface area contributed by atoms with Crippen LogP contribution in [0, 0.1) is 0 Å². The van der Waals surface area contributed by atoms with Gasteiger partial charge in [-0.1, -0.05) is 37.3 Å². The van der Waals surface area contributed by atoms with Crippen molar-refractivity contribution >= 4 is 0 Å². The van der Waals surface area contributed by atoms with Gasteiger partial charge in [0, 0.05) is 0 Å². The molecule has 17 heavy (non-hydrogen) atoms. The van der Waals surface area contributed by atoms with Crippen molar-refractivity contribution in [1.29, 1.82) is 0 Å². The lowest BCUT2D eigenvalue weighted by Gasteiger charge is -2.32. The summed E-state index contributed by atoms with van der Waals surface area (Å²) in [4.78, 5) is 0. The Morgan fingerprint density at radius 3 is 2.65 bits per heavy atom. The standard InChI is InChI=1S/C15H20O2/c1-3-14-13(11(2)16)9-10-15(17-14)12-7-5-4-6-8-12/h4-8,14-16H,3,9-10H2,1-2H3/b13-11+/t14-,15-/m0/s1. The van der Waals surface area contributed by atoms with Crippen LogP contribution in [0.1, 0.15) is 44.8 Å². The molecule has 0 spiro atoms. The van der Waals surface area contributed by atoms with Gasteiger partial charge in [0.25, 0.3) is 0 Å². The van der Waals surface area contributed by atoms with Crippen molar-refractivity contribution in [2.75, 3.05) is 0 Å². The van der Waals surface area contributed by atoms with Crippen LogP contribution < -0.4 is 0 Å². The molecule has 0 saturated carbocycles. The Hall–Kier alpha value is -1.28. The van der Waals surface area contributed by atoms with E-state index < -0.39 is 0 Å². The van der Waals surface area contributed by atoms with Crippen molar-refractivity contribution in [3.63, 3.8) is 0 Å². The van der Waals surface area contributed by atoms with E-state index in [0.29, 0.717) is 5.76 Å². The topological polar surface area (TPSA) is 29.5 Å². The van der Waals surface area contributed by atoms with E-state index in [1.165, 1.54) is 5.56 Å². The molecule has 0 radical (unpaired) electrons. The Balaban J connectivity index is 2.15. The fourth-order valence-corrected chi connectivity index (χ4v) is 2.47. The number of rotatable bonds is 2. The fourth-order valence-electron chi connectivity index (χ4n) is 2.47. The maximum atomic E-state index is 9.64. The molecule has 1 fully saturated rings. The first-order valence-electron chi connectivity index (χ1n) is 6.31. The van der Waals surface area contributed by atoms with Crippen molar-refractivity contribution in [2.24, 2.45) is 0 Å². The highest BCUT2D eigenvalue weighted by molar-refractivity contribution is 5.21. The van der Waals surface area contributed by atoms with Gasteiger partial charge in [-0.2, -0.15) is 0 Å². The van der Waals surface area contributed by atoms with Gasteiger partial charge in [0.1, 0.15) is 0 Å². The third-order valence-corrected chi connectivity index (χ3v) is 3.40. The van der Waals surface area contributed by atoms with Crippen LogP contribution in [0.3, 0.4) is 0 Å². The van der Waals surface area contributed by atoms with Gasteiger partial charge in [0.15, 0.2) is 0 Å². The molecule has 0 aromatic heterocycles. The second kappa shape index (κ2) is 5.37. The minimum atomic E-state index is 0.0685. The smallest absolute Gasteiger partial charge is 0.0909 e. The molecule has 2 atom stereocenters. The molecule has 0 aliphatic carbocycles. The zero-order valence-electron chi connectivity index (χ0n) is 10.5. The SMILES string of the molecule is CC[C@@H]1O[C@H](c2ccccc2)CC/C1=C(/C)O. The van der Waals surface area contributed by atoms with Gasteiger partial charge in [0.2, 0.25) is 0 Å². The number of hydrogen-bond acceptors (Lipinski definition) is 2. The largest absolute Gasteiger partial charge is 0.513 e. The molecule has 1 aromatic rings. The molecule has 1 saturated heterocycles. The minimum Gasteiger partial charge on any atom is -0.513 e.